The van der Waals surface area contributed by atoms with Crippen LogP contribution < -0.4 is 16.0 Å². The van der Waals surface area contributed by atoms with Crippen LogP contribution in [0.2, 0.25) is 0 Å². The van der Waals surface area contributed by atoms with Gasteiger partial charge in [-0.25, -0.2) is 0 Å². The monoisotopic (exact) mass is 1390 g/mol. The highest BCUT2D eigenvalue weighted by Crippen LogP contribution is 2.39. The van der Waals surface area contributed by atoms with Gasteiger partial charge in [-0.2, -0.15) is 0 Å². The minimum atomic E-state index is -2.38. The van der Waals surface area contributed by atoms with Gasteiger partial charge in [0.15, 0.2) is 50.3 Å². The van der Waals surface area contributed by atoms with Gasteiger partial charge >= 0.3 is 0 Å². The second kappa shape index (κ2) is 33.6. The van der Waals surface area contributed by atoms with Crippen LogP contribution in [0.25, 0.3) is 0 Å². The lowest BCUT2D eigenvalue weighted by Gasteiger charge is -2.52. The van der Waals surface area contributed by atoms with E-state index in [0.717, 1.165) is 20.8 Å². The number of nitrogens with one attached hydrogen (secondary N) is 3. The third-order valence-corrected chi connectivity index (χ3v) is 17.4. The van der Waals surface area contributed by atoms with Crippen LogP contribution >= 0.6 is 0 Å². The normalized spacial score (nSPS) is 49.9. The molecular weight excluding hydrogens is 1300 g/mol. The number of aliphatic hydroxyl groups is 21. The Morgan fingerprint density at radius 1 is 0.337 bits per heavy atom. The summed E-state index contributed by atoms with van der Waals surface area (Å²) in [5, 5.41) is 238. The van der Waals surface area contributed by atoms with Crippen molar-refractivity contribution in [3.8, 4) is 0 Å². The van der Waals surface area contributed by atoms with Gasteiger partial charge in [-0.15, -0.1) is 0 Å². The van der Waals surface area contributed by atoms with Crippen LogP contribution in [0.4, 0.5) is 0 Å². The average Bonchev–Trinajstić information content (AvgIpc) is 0.772. The highest BCUT2D eigenvalue weighted by Gasteiger charge is 2.60. The fourth-order valence-corrected chi connectivity index (χ4v) is 12.2. The highest BCUT2D eigenvalue weighted by atomic mass is 16.8. The first-order chi connectivity index (χ1) is 44.9. The van der Waals surface area contributed by atoms with Crippen LogP contribution in [-0.4, -0.2) is 411 Å². The van der Waals surface area contributed by atoms with E-state index in [1.165, 1.54) is 6.92 Å². The predicted octanol–water partition coefficient (Wildman–Crippen LogP) is -16.4. The minimum Gasteiger partial charge on any atom is -0.394 e. The van der Waals surface area contributed by atoms with Crippen molar-refractivity contribution in [3.05, 3.63) is 0 Å². The molecule has 0 unspecified atom stereocenters. The molecule has 0 aromatic carbocycles. The van der Waals surface area contributed by atoms with Crippen molar-refractivity contribution in [1.82, 2.24) is 16.0 Å². The van der Waals surface area contributed by atoms with E-state index in [1.807, 2.05) is 0 Å². The van der Waals surface area contributed by atoms with Gasteiger partial charge in [0.05, 0.1) is 52.4 Å². The zero-order valence-electron chi connectivity index (χ0n) is 51.2. The second-order valence-electron chi connectivity index (χ2n) is 24.2. The van der Waals surface area contributed by atoms with Gasteiger partial charge in [0.1, 0.15) is 183 Å². The summed E-state index contributed by atoms with van der Waals surface area (Å²) >= 11 is 0. The van der Waals surface area contributed by atoms with Crippen LogP contribution in [0.3, 0.4) is 0 Å². The molecule has 0 spiro atoms. The lowest BCUT2D eigenvalue weighted by atomic mass is 9.93. The first kappa shape index (κ1) is 77.7. The van der Waals surface area contributed by atoms with Gasteiger partial charge in [0.2, 0.25) is 17.7 Å². The Balaban J connectivity index is 1.17. The number of hydrogen-bond donors (Lipinski definition) is 24. The van der Waals surface area contributed by atoms with E-state index in [0.29, 0.717) is 0 Å². The molecule has 8 fully saturated rings. The predicted molar refractivity (Wildman–Crippen MR) is 292 cm³/mol. The third kappa shape index (κ3) is 17.1. The second-order valence-corrected chi connectivity index (χ2v) is 24.2. The summed E-state index contributed by atoms with van der Waals surface area (Å²) in [5.74, 6) is -2.59. The fourth-order valence-electron chi connectivity index (χ4n) is 12.2. The quantitative estimate of drug-likeness (QED) is 0.0452. The number of carbonyl (C=O) groups is 3. The van der Waals surface area contributed by atoms with Crippen molar-refractivity contribution < 1.29 is 193 Å². The van der Waals surface area contributed by atoms with Gasteiger partial charge in [-0.3, -0.25) is 14.4 Å². The molecule has 42 heteroatoms. The van der Waals surface area contributed by atoms with Crippen molar-refractivity contribution in [1.29, 1.82) is 0 Å². The largest absolute Gasteiger partial charge is 0.394 e. The van der Waals surface area contributed by atoms with E-state index in [9.17, 15) is 122 Å². The van der Waals surface area contributed by atoms with E-state index in [4.69, 9.17) is 71.1 Å². The van der Waals surface area contributed by atoms with Gasteiger partial charge < -0.3 is 194 Å². The molecule has 0 aromatic heterocycles. The zero-order valence-corrected chi connectivity index (χ0v) is 51.2. The Morgan fingerprint density at radius 3 is 1.32 bits per heavy atom. The van der Waals surface area contributed by atoms with Crippen molar-refractivity contribution in [3.63, 3.8) is 0 Å². The summed E-state index contributed by atoms with van der Waals surface area (Å²) in [5.41, 5.74) is 0. The Bertz CT molecular complexity index is 2440. The summed E-state index contributed by atoms with van der Waals surface area (Å²) < 4.78 is 89.5. The molecule has 0 radical (unpaired) electrons. The summed E-state index contributed by atoms with van der Waals surface area (Å²) in [6.07, 6.45) is -72.1. The molecule has 39 atom stereocenters. The first-order valence-corrected chi connectivity index (χ1v) is 30.4. The Morgan fingerprint density at radius 2 is 0.747 bits per heavy atom. The van der Waals surface area contributed by atoms with Crippen molar-refractivity contribution >= 4 is 17.7 Å². The lowest BCUT2D eigenvalue weighted by molar-refractivity contribution is -0.406. The molecule has 8 aliphatic rings. The summed E-state index contributed by atoms with van der Waals surface area (Å²) in [7, 11) is 0. The Hall–Kier alpha value is -3.03. The number of aliphatic hydroxyl groups excluding tert-OH is 21. The molecule has 0 aromatic rings. The molecule has 0 bridgehead atoms. The number of rotatable bonds is 23. The van der Waals surface area contributed by atoms with Crippen molar-refractivity contribution in [2.24, 2.45) is 0 Å². The van der Waals surface area contributed by atoms with Gasteiger partial charge in [0.25, 0.3) is 0 Å². The molecule has 8 heterocycles. The molecule has 95 heavy (non-hydrogen) atoms. The Labute approximate surface area is 538 Å². The van der Waals surface area contributed by atoms with Gasteiger partial charge in [0, 0.05) is 20.8 Å². The number of amides is 3. The topological polar surface area (TPSA) is 651 Å². The maximum absolute atomic E-state index is 13.2. The highest BCUT2D eigenvalue weighted by molar-refractivity contribution is 5.74. The molecule has 0 aliphatic carbocycles. The van der Waals surface area contributed by atoms with E-state index < -0.39 is 303 Å². The van der Waals surface area contributed by atoms with Crippen LogP contribution in [0, 0.1) is 0 Å². The summed E-state index contributed by atoms with van der Waals surface area (Å²) in [6.45, 7) is -2.89. The molecule has 42 nitrogen and oxygen atoms in total. The van der Waals surface area contributed by atoms with E-state index >= 15 is 0 Å². The number of ether oxygens (including phenoxy) is 15. The van der Waals surface area contributed by atoms with E-state index in [1.54, 1.807) is 0 Å². The molecule has 8 aliphatic heterocycles. The van der Waals surface area contributed by atoms with E-state index in [-0.39, 0.29) is 0 Å². The van der Waals surface area contributed by atoms with Crippen LogP contribution in [0.5, 0.6) is 0 Å². The van der Waals surface area contributed by atoms with Crippen LogP contribution in [-0.2, 0) is 85.4 Å². The molecule has 0 saturated carbocycles. The summed E-state index contributed by atoms with van der Waals surface area (Å²) in [4.78, 5) is 38.2. The number of carbonyl (C=O) groups excluding carboxylic acids is 3. The van der Waals surface area contributed by atoms with Crippen molar-refractivity contribution in [2.75, 3.05) is 46.2 Å². The maximum atomic E-state index is 13.2. The molecule has 24 N–H and O–H groups in total. The van der Waals surface area contributed by atoms with Gasteiger partial charge in [-0.1, -0.05) is 0 Å². The van der Waals surface area contributed by atoms with Crippen LogP contribution in [0.15, 0.2) is 0 Å². The third-order valence-electron chi connectivity index (χ3n) is 17.4. The molecule has 8 saturated heterocycles. The number of hydrogen-bond acceptors (Lipinski definition) is 39. The minimum absolute atomic E-state index is 0.767. The van der Waals surface area contributed by atoms with Crippen LogP contribution in [0.1, 0.15) is 27.7 Å². The first-order valence-electron chi connectivity index (χ1n) is 30.4. The maximum Gasteiger partial charge on any atom is 0.217 e. The smallest absolute Gasteiger partial charge is 0.217 e. The van der Waals surface area contributed by atoms with Crippen molar-refractivity contribution in [2.45, 2.75) is 267 Å². The Kier molecular flexibility index (Phi) is 27.5. The fraction of sp³-hybridized carbons (Fsp3) is 0.943. The molecule has 3 amide bonds. The van der Waals surface area contributed by atoms with Gasteiger partial charge in [-0.05, 0) is 6.92 Å². The molecule has 8 rings (SSSR count). The SMILES string of the molecule is CC(=O)N[C@@H]1[C@@H](O[C@@H]2O[C@@H](C)[C@@H](O)[C@@H](O)[C@@H]2O)[C@H](O[C@@H]2O[C@H](CO)[C@@H](O[C@@H]3O[C@H](CO[C@H]4O[C@H](CO)[C@@H](O)[C@H](O)[C@@H]4O[C@@H]4O[C@H](CO)[C@@H](O)[C@H](O)[C@H]4NC(C)=O)[C@@H](O)[C@H](O[C@H]4O[C@H](CO)[C@@H](O)[C@H](O)[C@@H]4O)[C@@H]3O[C@@H]3OC[C@@H](O)[C@H](O)[C@H]3O)[C@H](O)[C@H]2NC(C)=O)[C@@H](CO)O[C@H]1O. The lowest BCUT2D eigenvalue weighted by Crippen LogP contribution is -2.71. The average molecular weight is 1390 g/mol. The summed E-state index contributed by atoms with van der Waals surface area (Å²) in [6, 6.07) is -5.38. The van der Waals surface area contributed by atoms with E-state index in [2.05, 4.69) is 16.0 Å². The zero-order chi connectivity index (χ0) is 69.9. The molecule has 550 valence electrons. The standard InChI is InChI=1S/C53H89N3O39/c1-12-26(66)34(74)38(78)50(83-12)92-42-25(56-15(4)64)46(80)84-21(9-61)41(42)91-48-24(55-14(3)63)33(73)40(20(8-60)88-48)90-53-45(95-49-37(77)27(67)16(65)10-81-49)43(93-51-39(79)35(75)29(69)18(6-58)86-51)31(71)22(89-53)11-82-52-44(36(76)30(70)19(7-59)87-52)94-47-23(54-13(2)62)32(72)28(68)17(5-57)85-47/h12,16-53,57-61,65-80H,5-11H2,1-4H3,(H,54,62)(H,55,63)(H,56,64)/t12-,16+,17+,18+,19+,20+,21+,22+,23+,24+,25+,26+,27-,28+,29+,30+,31+,32+,33+,34+,35-,36-,37+,38-,39-,40+,41+,42+,43-,44-,45-,46+,47-,48-,49-,50-,51+,52-,53-/m0/s1. The molecular formula is C53H89N3O39.